The van der Waals surface area contributed by atoms with Crippen LogP contribution in [0.3, 0.4) is 0 Å². The molecule has 1 fully saturated rings. The van der Waals surface area contributed by atoms with Crippen molar-refractivity contribution in [1.29, 1.82) is 0 Å². The molecule has 0 aliphatic carbocycles. The second-order valence-electron chi connectivity index (χ2n) is 4.31. The van der Waals surface area contributed by atoms with Crippen molar-refractivity contribution < 1.29 is 14.3 Å². The van der Waals surface area contributed by atoms with E-state index >= 15 is 0 Å². The van der Waals surface area contributed by atoms with Crippen LogP contribution >= 0.6 is 0 Å². The van der Waals surface area contributed by atoms with Gasteiger partial charge in [-0.15, -0.1) is 0 Å². The van der Waals surface area contributed by atoms with Gasteiger partial charge in [0.15, 0.2) is 0 Å². The second-order valence-corrected chi connectivity index (χ2v) is 4.31. The van der Waals surface area contributed by atoms with Crippen LogP contribution in [0.5, 0.6) is 0 Å². The molecule has 0 aromatic carbocycles. The largest absolute Gasteiger partial charge is 0.392 e. The summed E-state index contributed by atoms with van der Waals surface area (Å²) in [4.78, 5) is 22.7. The number of hydrogen-bond acceptors (Lipinski definition) is 5. The number of hydrogen-bond donors (Lipinski definition) is 2. The summed E-state index contributed by atoms with van der Waals surface area (Å²) < 4.78 is 4.73. The summed E-state index contributed by atoms with van der Waals surface area (Å²) in [7, 11) is 0. The van der Waals surface area contributed by atoms with E-state index in [0.717, 1.165) is 25.8 Å². The average molecular weight is 228 g/mol. The van der Waals surface area contributed by atoms with Crippen LogP contribution in [0.25, 0.3) is 0 Å². The first kappa shape index (κ1) is 13.1. The second kappa shape index (κ2) is 6.60. The SMILES string of the molecule is CC(N)CCCC(=O)OC(=O)[C@@H]1CCCN1. The van der Waals surface area contributed by atoms with Crippen LogP contribution in [0.2, 0.25) is 0 Å². The number of rotatable bonds is 5. The lowest BCUT2D eigenvalue weighted by Gasteiger charge is -2.09. The van der Waals surface area contributed by atoms with Crippen LogP contribution in [-0.4, -0.2) is 30.6 Å². The van der Waals surface area contributed by atoms with E-state index < -0.39 is 11.9 Å². The van der Waals surface area contributed by atoms with E-state index in [0.29, 0.717) is 6.42 Å². The number of nitrogens with one attached hydrogen (secondary N) is 1. The molecule has 3 N–H and O–H groups in total. The van der Waals surface area contributed by atoms with E-state index in [1.807, 2.05) is 6.92 Å². The third kappa shape index (κ3) is 4.72. The first-order valence-electron chi connectivity index (χ1n) is 5.83. The minimum absolute atomic E-state index is 0.0833. The number of carbonyl (C=O) groups excluding carboxylic acids is 2. The molecule has 92 valence electrons. The number of nitrogens with two attached hydrogens (primary N) is 1. The van der Waals surface area contributed by atoms with Gasteiger partial charge in [0.25, 0.3) is 0 Å². The molecule has 0 radical (unpaired) electrons. The first-order chi connectivity index (χ1) is 7.59. The summed E-state index contributed by atoms with van der Waals surface area (Å²) in [6.07, 6.45) is 3.41. The van der Waals surface area contributed by atoms with Crippen LogP contribution in [0.15, 0.2) is 0 Å². The highest BCUT2D eigenvalue weighted by Crippen LogP contribution is 2.08. The van der Waals surface area contributed by atoms with E-state index in [9.17, 15) is 9.59 Å². The van der Waals surface area contributed by atoms with Crippen LogP contribution in [0.4, 0.5) is 0 Å². The summed E-state index contributed by atoms with van der Waals surface area (Å²) in [6, 6.07) is -0.211. The van der Waals surface area contributed by atoms with Gasteiger partial charge in [-0.05, 0) is 39.2 Å². The third-order valence-electron chi connectivity index (χ3n) is 2.60. The Morgan fingerprint density at radius 1 is 1.56 bits per heavy atom. The minimum Gasteiger partial charge on any atom is -0.392 e. The third-order valence-corrected chi connectivity index (χ3v) is 2.60. The molecule has 1 rings (SSSR count). The molecular formula is C11H20N2O3. The van der Waals surface area contributed by atoms with Gasteiger partial charge in [-0.1, -0.05) is 0 Å². The fourth-order valence-corrected chi connectivity index (χ4v) is 1.69. The molecule has 1 aliphatic heterocycles. The van der Waals surface area contributed by atoms with E-state index in [2.05, 4.69) is 5.32 Å². The Bertz CT molecular complexity index is 248. The van der Waals surface area contributed by atoms with Crippen molar-refractivity contribution in [2.45, 2.75) is 51.1 Å². The molecule has 1 saturated heterocycles. The predicted molar refractivity (Wildman–Crippen MR) is 59.6 cm³/mol. The highest BCUT2D eigenvalue weighted by Gasteiger charge is 2.25. The molecule has 16 heavy (non-hydrogen) atoms. The zero-order valence-electron chi connectivity index (χ0n) is 9.70. The van der Waals surface area contributed by atoms with Crippen LogP contribution in [0, 0.1) is 0 Å². The van der Waals surface area contributed by atoms with Crippen LogP contribution in [0.1, 0.15) is 39.0 Å². The first-order valence-corrected chi connectivity index (χ1v) is 5.83. The van der Waals surface area contributed by atoms with E-state index in [-0.39, 0.29) is 18.5 Å². The van der Waals surface area contributed by atoms with Crippen molar-refractivity contribution in [2.75, 3.05) is 6.54 Å². The standard InChI is InChI=1S/C11H20N2O3/c1-8(12)4-2-6-10(14)16-11(15)9-5-3-7-13-9/h8-9,13H,2-7,12H2,1H3/t8?,9-/m0/s1. The molecule has 1 aliphatic rings. The average Bonchev–Trinajstić information content (AvgIpc) is 2.69. The normalized spacial score (nSPS) is 21.8. The Morgan fingerprint density at radius 2 is 2.31 bits per heavy atom. The quantitative estimate of drug-likeness (QED) is 0.523. The Labute approximate surface area is 95.7 Å². The lowest BCUT2D eigenvalue weighted by atomic mass is 10.1. The van der Waals surface area contributed by atoms with Gasteiger partial charge >= 0.3 is 11.9 Å². The van der Waals surface area contributed by atoms with Crippen molar-refractivity contribution in [3.05, 3.63) is 0 Å². The fourth-order valence-electron chi connectivity index (χ4n) is 1.69. The fraction of sp³-hybridized carbons (Fsp3) is 0.818. The molecule has 0 saturated carbocycles. The zero-order chi connectivity index (χ0) is 12.0. The van der Waals surface area contributed by atoms with Crippen LogP contribution < -0.4 is 11.1 Å². The smallest absolute Gasteiger partial charge is 0.330 e. The number of carbonyl (C=O) groups is 2. The monoisotopic (exact) mass is 228 g/mol. The van der Waals surface area contributed by atoms with Gasteiger partial charge < -0.3 is 15.8 Å². The summed E-state index contributed by atoms with van der Waals surface area (Å²) in [5.41, 5.74) is 5.55. The number of ether oxygens (including phenoxy) is 1. The maximum absolute atomic E-state index is 11.4. The van der Waals surface area contributed by atoms with Gasteiger partial charge in [0.2, 0.25) is 0 Å². The molecule has 0 aromatic heterocycles. The molecular weight excluding hydrogens is 208 g/mol. The maximum Gasteiger partial charge on any atom is 0.330 e. The van der Waals surface area contributed by atoms with Crippen molar-refractivity contribution in [2.24, 2.45) is 5.73 Å². The van der Waals surface area contributed by atoms with E-state index in [1.165, 1.54) is 0 Å². The van der Waals surface area contributed by atoms with Gasteiger partial charge in [-0.3, -0.25) is 4.79 Å². The summed E-state index contributed by atoms with van der Waals surface area (Å²) >= 11 is 0. The lowest BCUT2D eigenvalue weighted by molar-refractivity contribution is -0.161. The van der Waals surface area contributed by atoms with Crippen molar-refractivity contribution in [3.8, 4) is 0 Å². The zero-order valence-corrected chi connectivity index (χ0v) is 9.70. The lowest BCUT2D eigenvalue weighted by Crippen LogP contribution is -2.33. The Balaban J connectivity index is 2.15. The van der Waals surface area contributed by atoms with E-state index in [4.69, 9.17) is 10.5 Å². The van der Waals surface area contributed by atoms with Crippen molar-refractivity contribution >= 4 is 11.9 Å². The summed E-state index contributed by atoms with van der Waals surface area (Å²) in [5.74, 6) is -0.886. The van der Waals surface area contributed by atoms with Crippen molar-refractivity contribution in [3.63, 3.8) is 0 Å². The topological polar surface area (TPSA) is 81.4 Å². The predicted octanol–water partition coefficient (Wildman–Crippen LogP) is 0.326. The summed E-state index contributed by atoms with van der Waals surface area (Å²) in [6.45, 7) is 2.71. The van der Waals surface area contributed by atoms with Gasteiger partial charge in [-0.25, -0.2) is 4.79 Å². The highest BCUT2D eigenvalue weighted by atomic mass is 16.6. The molecule has 2 atom stereocenters. The summed E-state index contributed by atoms with van der Waals surface area (Å²) in [5, 5.41) is 2.99. The molecule has 0 spiro atoms. The maximum atomic E-state index is 11.4. The Morgan fingerprint density at radius 3 is 2.88 bits per heavy atom. The molecule has 0 bridgehead atoms. The molecule has 1 unspecified atom stereocenters. The van der Waals surface area contributed by atoms with Crippen LogP contribution in [-0.2, 0) is 14.3 Å². The van der Waals surface area contributed by atoms with Crippen molar-refractivity contribution in [1.82, 2.24) is 5.32 Å². The molecule has 1 heterocycles. The molecule has 5 heteroatoms. The number of esters is 2. The minimum atomic E-state index is -0.445. The molecule has 5 nitrogen and oxygen atoms in total. The van der Waals surface area contributed by atoms with Gasteiger partial charge in [0.05, 0.1) is 0 Å². The van der Waals surface area contributed by atoms with E-state index in [1.54, 1.807) is 0 Å². The van der Waals surface area contributed by atoms with Gasteiger partial charge in [0, 0.05) is 12.5 Å². The van der Waals surface area contributed by atoms with Gasteiger partial charge in [0.1, 0.15) is 6.04 Å². The Kier molecular flexibility index (Phi) is 5.42. The molecule has 0 amide bonds. The van der Waals surface area contributed by atoms with Gasteiger partial charge in [-0.2, -0.15) is 0 Å². The Hall–Kier alpha value is -0.940. The molecule has 0 aromatic rings. The highest BCUT2D eigenvalue weighted by molar-refractivity contribution is 5.88.